The maximum atomic E-state index is 10.5. The summed E-state index contributed by atoms with van der Waals surface area (Å²) in [6, 6.07) is 0.259. The fourth-order valence-corrected chi connectivity index (χ4v) is 0.648. The number of carbonyl (C=O) groups excluding carboxylic acids is 1. The molecule has 0 aromatic carbocycles. The van der Waals surface area contributed by atoms with Crippen molar-refractivity contribution in [1.82, 2.24) is 5.32 Å². The van der Waals surface area contributed by atoms with Crippen molar-refractivity contribution >= 4 is 17.0 Å². The SMILES string of the molecule is CSC(=O)NC(C)C. The van der Waals surface area contributed by atoms with Gasteiger partial charge in [0.05, 0.1) is 0 Å². The Morgan fingerprint density at radius 1 is 1.62 bits per heavy atom. The summed E-state index contributed by atoms with van der Waals surface area (Å²) in [7, 11) is 0. The van der Waals surface area contributed by atoms with Crippen LogP contribution in [0.4, 0.5) is 4.79 Å². The van der Waals surface area contributed by atoms with Crippen molar-refractivity contribution in [3.8, 4) is 0 Å². The molecule has 0 atom stereocenters. The number of hydrogen-bond donors (Lipinski definition) is 1. The quantitative estimate of drug-likeness (QED) is 0.587. The Labute approximate surface area is 54.0 Å². The van der Waals surface area contributed by atoms with E-state index in [1.165, 1.54) is 11.8 Å². The molecule has 1 amide bonds. The summed E-state index contributed by atoms with van der Waals surface area (Å²) in [5, 5.41) is 2.76. The summed E-state index contributed by atoms with van der Waals surface area (Å²) in [5.41, 5.74) is 0. The fourth-order valence-electron chi connectivity index (χ4n) is 0.295. The number of rotatable bonds is 1. The van der Waals surface area contributed by atoms with E-state index in [9.17, 15) is 4.79 Å². The zero-order valence-corrected chi connectivity index (χ0v) is 6.21. The predicted molar refractivity (Wildman–Crippen MR) is 37.2 cm³/mol. The van der Waals surface area contributed by atoms with Crippen molar-refractivity contribution in [2.75, 3.05) is 6.26 Å². The minimum atomic E-state index is 0.0417. The largest absolute Gasteiger partial charge is 0.345 e. The zero-order valence-electron chi connectivity index (χ0n) is 5.39. The Hall–Kier alpha value is -0.180. The van der Waals surface area contributed by atoms with Crippen molar-refractivity contribution in [2.45, 2.75) is 19.9 Å². The molecule has 3 heteroatoms. The molecule has 0 aliphatic heterocycles. The van der Waals surface area contributed by atoms with E-state index in [2.05, 4.69) is 5.32 Å². The Morgan fingerprint density at radius 2 is 2.12 bits per heavy atom. The van der Waals surface area contributed by atoms with Crippen LogP contribution in [0, 0.1) is 0 Å². The van der Waals surface area contributed by atoms with Crippen molar-refractivity contribution < 1.29 is 4.79 Å². The Morgan fingerprint density at radius 3 is 2.25 bits per heavy atom. The molecule has 0 aromatic rings. The minimum Gasteiger partial charge on any atom is -0.345 e. The highest BCUT2D eigenvalue weighted by atomic mass is 32.2. The molecule has 0 spiro atoms. The molecule has 0 bridgehead atoms. The van der Waals surface area contributed by atoms with Gasteiger partial charge in [0.15, 0.2) is 0 Å². The molecule has 0 aliphatic carbocycles. The van der Waals surface area contributed by atoms with Gasteiger partial charge in [0, 0.05) is 6.04 Å². The first-order valence-corrected chi connectivity index (χ1v) is 3.73. The first-order valence-electron chi connectivity index (χ1n) is 2.51. The van der Waals surface area contributed by atoms with Gasteiger partial charge in [-0.1, -0.05) is 11.8 Å². The number of thioether (sulfide) groups is 1. The normalized spacial score (nSPS) is 9.50. The molecule has 0 unspecified atom stereocenters. The molecule has 0 aromatic heterocycles. The lowest BCUT2D eigenvalue weighted by molar-refractivity contribution is 0.259. The second-order valence-corrected chi connectivity index (χ2v) is 2.57. The first kappa shape index (κ1) is 7.82. The lowest BCUT2D eigenvalue weighted by Gasteiger charge is -2.03. The van der Waals surface area contributed by atoms with Crippen molar-refractivity contribution in [2.24, 2.45) is 0 Å². The molecular weight excluding hydrogens is 122 g/mol. The molecule has 0 aliphatic rings. The zero-order chi connectivity index (χ0) is 6.57. The van der Waals surface area contributed by atoms with Gasteiger partial charge in [-0.05, 0) is 20.1 Å². The van der Waals surface area contributed by atoms with E-state index in [-0.39, 0.29) is 11.3 Å². The monoisotopic (exact) mass is 133 g/mol. The predicted octanol–water partition coefficient (Wildman–Crippen LogP) is 1.47. The van der Waals surface area contributed by atoms with Gasteiger partial charge in [-0.25, -0.2) is 0 Å². The minimum absolute atomic E-state index is 0.0417. The second-order valence-electron chi connectivity index (χ2n) is 1.79. The second kappa shape index (κ2) is 3.78. The van der Waals surface area contributed by atoms with E-state index in [4.69, 9.17) is 0 Å². The molecule has 0 fully saturated rings. The molecule has 0 saturated carbocycles. The van der Waals surface area contributed by atoms with E-state index < -0.39 is 0 Å². The topological polar surface area (TPSA) is 29.1 Å². The molecule has 8 heavy (non-hydrogen) atoms. The van der Waals surface area contributed by atoms with E-state index in [0.29, 0.717) is 0 Å². The molecule has 1 N–H and O–H groups in total. The average molecular weight is 133 g/mol. The van der Waals surface area contributed by atoms with Crippen molar-refractivity contribution in [1.29, 1.82) is 0 Å². The van der Waals surface area contributed by atoms with Crippen LogP contribution in [0.3, 0.4) is 0 Å². The highest BCUT2D eigenvalue weighted by Gasteiger charge is 1.97. The van der Waals surface area contributed by atoms with Gasteiger partial charge in [0.25, 0.3) is 5.24 Å². The highest BCUT2D eigenvalue weighted by Crippen LogP contribution is 1.93. The van der Waals surface area contributed by atoms with Crippen molar-refractivity contribution in [3.05, 3.63) is 0 Å². The van der Waals surface area contributed by atoms with Crippen LogP contribution in [0.2, 0.25) is 0 Å². The molecule has 0 heterocycles. The van der Waals surface area contributed by atoms with Crippen LogP contribution >= 0.6 is 11.8 Å². The van der Waals surface area contributed by atoms with Crippen LogP contribution in [0.5, 0.6) is 0 Å². The molecular formula is C5H11NOS. The van der Waals surface area contributed by atoms with Gasteiger partial charge in [0.1, 0.15) is 0 Å². The van der Waals surface area contributed by atoms with E-state index in [0.717, 1.165) is 0 Å². The van der Waals surface area contributed by atoms with Crippen molar-refractivity contribution in [3.63, 3.8) is 0 Å². The Kier molecular flexibility index (Phi) is 3.69. The third-order valence-electron chi connectivity index (χ3n) is 0.592. The lowest BCUT2D eigenvalue weighted by atomic mass is 10.4. The summed E-state index contributed by atoms with van der Waals surface area (Å²) in [6.45, 7) is 3.88. The first-order chi connectivity index (χ1) is 3.66. The molecule has 0 radical (unpaired) electrons. The number of carbonyl (C=O) groups is 1. The molecule has 2 nitrogen and oxygen atoms in total. The molecule has 48 valence electrons. The summed E-state index contributed by atoms with van der Waals surface area (Å²) in [5.74, 6) is 0. The average Bonchev–Trinajstić information content (AvgIpc) is 1.65. The smallest absolute Gasteiger partial charge is 0.278 e. The molecule has 0 rings (SSSR count). The number of amides is 1. The van der Waals surface area contributed by atoms with E-state index >= 15 is 0 Å². The van der Waals surface area contributed by atoms with Gasteiger partial charge in [-0.3, -0.25) is 4.79 Å². The van der Waals surface area contributed by atoms with Crippen LogP contribution in [0.25, 0.3) is 0 Å². The number of nitrogens with one attached hydrogen (secondary N) is 1. The van der Waals surface area contributed by atoms with Gasteiger partial charge >= 0.3 is 0 Å². The van der Waals surface area contributed by atoms with Gasteiger partial charge in [-0.2, -0.15) is 0 Å². The maximum absolute atomic E-state index is 10.5. The van der Waals surface area contributed by atoms with Gasteiger partial charge < -0.3 is 5.32 Å². The van der Waals surface area contributed by atoms with Crippen LogP contribution in [-0.2, 0) is 0 Å². The van der Waals surface area contributed by atoms with Crippen LogP contribution in [0.1, 0.15) is 13.8 Å². The van der Waals surface area contributed by atoms with E-state index in [1.54, 1.807) is 6.26 Å². The van der Waals surface area contributed by atoms with E-state index in [1.807, 2.05) is 13.8 Å². The Balaban J connectivity index is 3.25. The van der Waals surface area contributed by atoms with Gasteiger partial charge in [0.2, 0.25) is 0 Å². The standard InChI is InChI=1S/C5H11NOS/c1-4(2)6-5(7)8-3/h4H,1-3H3,(H,6,7). The van der Waals surface area contributed by atoms with Gasteiger partial charge in [-0.15, -0.1) is 0 Å². The lowest BCUT2D eigenvalue weighted by Crippen LogP contribution is -2.25. The molecule has 0 saturated heterocycles. The van der Waals surface area contributed by atoms with Crippen LogP contribution < -0.4 is 5.32 Å². The third-order valence-corrected chi connectivity index (χ3v) is 1.08. The number of hydrogen-bond acceptors (Lipinski definition) is 2. The maximum Gasteiger partial charge on any atom is 0.278 e. The fraction of sp³-hybridized carbons (Fsp3) is 0.800. The summed E-state index contributed by atoms with van der Waals surface area (Å²) in [6.07, 6.45) is 1.76. The highest BCUT2D eigenvalue weighted by molar-refractivity contribution is 8.12. The summed E-state index contributed by atoms with van der Waals surface area (Å²) in [4.78, 5) is 10.5. The third kappa shape index (κ3) is 3.99. The Bertz CT molecular complexity index is 82.5. The van der Waals surface area contributed by atoms with Crippen LogP contribution in [-0.4, -0.2) is 17.5 Å². The summed E-state index contributed by atoms with van der Waals surface area (Å²) < 4.78 is 0. The summed E-state index contributed by atoms with van der Waals surface area (Å²) >= 11 is 1.20. The van der Waals surface area contributed by atoms with Crippen LogP contribution in [0.15, 0.2) is 0 Å².